The first-order valence-corrected chi connectivity index (χ1v) is 2.69. The summed E-state index contributed by atoms with van der Waals surface area (Å²) in [6, 6.07) is 0. The lowest BCUT2D eigenvalue weighted by Crippen LogP contribution is -2.10. The monoisotopic (exact) mass is 111 g/mol. The average molecular weight is 111 g/mol. The Labute approximate surface area is 51.3 Å². The van der Waals surface area contributed by atoms with Crippen LogP contribution in [0.2, 0.25) is 0 Å². The molecule has 0 N–H and O–H groups in total. The summed E-state index contributed by atoms with van der Waals surface area (Å²) in [6.07, 6.45) is 5.79. The molecule has 1 heteroatoms. The van der Waals surface area contributed by atoms with Crippen molar-refractivity contribution in [2.75, 3.05) is 20.6 Å². The Hall–Kier alpha value is -0.560. The van der Waals surface area contributed by atoms with E-state index in [4.69, 9.17) is 0 Å². The number of hydrogen-bond donors (Lipinski definition) is 0. The predicted molar refractivity (Wildman–Crippen MR) is 37.9 cm³/mol. The summed E-state index contributed by atoms with van der Waals surface area (Å²) >= 11 is 0. The second kappa shape index (κ2) is 4.60. The van der Waals surface area contributed by atoms with E-state index in [1.807, 2.05) is 20.2 Å². The molecule has 46 valence electrons. The Morgan fingerprint density at radius 3 is 2.50 bits per heavy atom. The van der Waals surface area contributed by atoms with Crippen LogP contribution in [0.15, 0.2) is 24.8 Å². The zero-order valence-electron chi connectivity index (χ0n) is 5.59. The molecule has 0 radical (unpaired) electrons. The van der Waals surface area contributed by atoms with Crippen molar-refractivity contribution in [1.29, 1.82) is 0 Å². The molecule has 0 atom stereocenters. The zero-order valence-corrected chi connectivity index (χ0v) is 5.59. The molecule has 0 rings (SSSR count). The molecule has 8 heavy (non-hydrogen) atoms. The molecular formula is C7H13N. The Balaban J connectivity index is 3.15. The van der Waals surface area contributed by atoms with Crippen LogP contribution in [-0.4, -0.2) is 25.5 Å². The Bertz CT molecular complexity index is 82.4. The Morgan fingerprint density at radius 2 is 2.12 bits per heavy atom. The van der Waals surface area contributed by atoms with Crippen LogP contribution in [0.1, 0.15) is 0 Å². The largest absolute Gasteiger partial charge is 0.306 e. The lowest BCUT2D eigenvalue weighted by atomic mass is 10.5. The van der Waals surface area contributed by atoms with Crippen LogP contribution in [0.25, 0.3) is 0 Å². The molecule has 0 spiro atoms. The van der Waals surface area contributed by atoms with Crippen molar-refractivity contribution in [3.8, 4) is 0 Å². The summed E-state index contributed by atoms with van der Waals surface area (Å²) in [4.78, 5) is 2.10. The van der Waals surface area contributed by atoms with Gasteiger partial charge in [-0.2, -0.15) is 0 Å². The number of nitrogens with zero attached hydrogens (tertiary/aromatic N) is 1. The van der Waals surface area contributed by atoms with Crippen LogP contribution in [0.3, 0.4) is 0 Å². The Kier molecular flexibility index (Phi) is 4.27. The minimum atomic E-state index is 0.992. The van der Waals surface area contributed by atoms with Crippen molar-refractivity contribution in [2.24, 2.45) is 0 Å². The van der Waals surface area contributed by atoms with Crippen LogP contribution in [0.4, 0.5) is 0 Å². The molecule has 0 aliphatic heterocycles. The lowest BCUT2D eigenvalue weighted by Gasteiger charge is -2.02. The normalized spacial score (nSPS) is 10.9. The zero-order chi connectivity index (χ0) is 6.41. The van der Waals surface area contributed by atoms with Gasteiger partial charge in [0, 0.05) is 6.54 Å². The summed E-state index contributed by atoms with van der Waals surface area (Å²) < 4.78 is 0. The minimum absolute atomic E-state index is 0.992. The fraction of sp³-hybridized carbons (Fsp3) is 0.429. The number of rotatable bonds is 3. The highest BCUT2D eigenvalue weighted by Crippen LogP contribution is 1.76. The number of likely N-dealkylation sites (N-methyl/N-ethyl adjacent to an activating group) is 1. The quantitative estimate of drug-likeness (QED) is 0.496. The molecule has 0 aromatic heterocycles. The van der Waals surface area contributed by atoms with Gasteiger partial charge in [-0.3, -0.25) is 0 Å². The van der Waals surface area contributed by atoms with Gasteiger partial charge in [-0.05, 0) is 14.1 Å². The second-order valence-electron chi connectivity index (χ2n) is 1.93. The van der Waals surface area contributed by atoms with Gasteiger partial charge in [-0.25, -0.2) is 0 Å². The highest BCUT2D eigenvalue weighted by molar-refractivity contribution is 4.97. The third-order valence-corrected chi connectivity index (χ3v) is 0.743. The summed E-state index contributed by atoms with van der Waals surface area (Å²) in [6.45, 7) is 4.54. The van der Waals surface area contributed by atoms with E-state index in [2.05, 4.69) is 17.6 Å². The molecule has 0 aromatic carbocycles. The average Bonchev–Trinajstić information content (AvgIpc) is 1.66. The van der Waals surface area contributed by atoms with Crippen molar-refractivity contribution in [3.05, 3.63) is 24.8 Å². The number of hydrogen-bond acceptors (Lipinski definition) is 1. The topological polar surface area (TPSA) is 3.24 Å². The first-order chi connectivity index (χ1) is 3.77. The molecular weight excluding hydrogens is 98.1 g/mol. The Morgan fingerprint density at radius 1 is 1.50 bits per heavy atom. The SMILES string of the molecule is C=CC=CCN(C)C. The van der Waals surface area contributed by atoms with Gasteiger partial charge in [-0.15, -0.1) is 0 Å². The van der Waals surface area contributed by atoms with Gasteiger partial charge in [0.2, 0.25) is 0 Å². The van der Waals surface area contributed by atoms with E-state index in [0.717, 1.165) is 6.54 Å². The summed E-state index contributed by atoms with van der Waals surface area (Å²) in [7, 11) is 4.07. The van der Waals surface area contributed by atoms with E-state index in [0.29, 0.717) is 0 Å². The third-order valence-electron chi connectivity index (χ3n) is 0.743. The standard InChI is InChI=1S/C7H13N/c1-4-5-6-7-8(2)3/h4-6H,1,7H2,2-3H3. The molecule has 0 amide bonds. The molecule has 0 aromatic rings. The fourth-order valence-electron chi connectivity index (χ4n) is 0.368. The van der Waals surface area contributed by atoms with Gasteiger partial charge in [-0.1, -0.05) is 24.8 Å². The van der Waals surface area contributed by atoms with Gasteiger partial charge in [0.25, 0.3) is 0 Å². The molecule has 0 saturated carbocycles. The maximum Gasteiger partial charge on any atom is 0.0160 e. The predicted octanol–water partition coefficient (Wildman–Crippen LogP) is 1.29. The van der Waals surface area contributed by atoms with Crippen LogP contribution in [-0.2, 0) is 0 Å². The highest BCUT2D eigenvalue weighted by Gasteiger charge is 1.77. The molecule has 0 fully saturated rings. The van der Waals surface area contributed by atoms with Crippen LogP contribution < -0.4 is 0 Å². The van der Waals surface area contributed by atoms with Crippen LogP contribution in [0.5, 0.6) is 0 Å². The van der Waals surface area contributed by atoms with E-state index in [-0.39, 0.29) is 0 Å². The van der Waals surface area contributed by atoms with Crippen molar-refractivity contribution < 1.29 is 0 Å². The maximum absolute atomic E-state index is 3.55. The molecule has 0 aliphatic rings. The smallest absolute Gasteiger partial charge is 0.0160 e. The van der Waals surface area contributed by atoms with Crippen molar-refractivity contribution in [1.82, 2.24) is 4.90 Å². The molecule has 0 unspecified atom stereocenters. The van der Waals surface area contributed by atoms with E-state index < -0.39 is 0 Å². The van der Waals surface area contributed by atoms with E-state index in [1.165, 1.54) is 0 Å². The summed E-state index contributed by atoms with van der Waals surface area (Å²) in [5.41, 5.74) is 0. The molecule has 0 aliphatic carbocycles. The molecule has 1 nitrogen and oxygen atoms in total. The minimum Gasteiger partial charge on any atom is -0.306 e. The lowest BCUT2D eigenvalue weighted by molar-refractivity contribution is 0.456. The van der Waals surface area contributed by atoms with Gasteiger partial charge >= 0.3 is 0 Å². The number of allylic oxidation sites excluding steroid dienone is 2. The first-order valence-electron chi connectivity index (χ1n) is 2.69. The van der Waals surface area contributed by atoms with Gasteiger partial charge in [0.1, 0.15) is 0 Å². The first kappa shape index (κ1) is 7.44. The van der Waals surface area contributed by atoms with Crippen LogP contribution >= 0.6 is 0 Å². The van der Waals surface area contributed by atoms with Crippen molar-refractivity contribution in [2.45, 2.75) is 0 Å². The van der Waals surface area contributed by atoms with Crippen molar-refractivity contribution >= 4 is 0 Å². The summed E-state index contributed by atoms with van der Waals surface area (Å²) in [5, 5.41) is 0. The second-order valence-corrected chi connectivity index (χ2v) is 1.93. The van der Waals surface area contributed by atoms with Crippen molar-refractivity contribution in [3.63, 3.8) is 0 Å². The van der Waals surface area contributed by atoms with E-state index in [9.17, 15) is 0 Å². The van der Waals surface area contributed by atoms with Crippen LogP contribution in [0, 0.1) is 0 Å². The molecule has 0 heterocycles. The molecule has 0 saturated heterocycles. The van der Waals surface area contributed by atoms with E-state index in [1.54, 1.807) is 6.08 Å². The van der Waals surface area contributed by atoms with Gasteiger partial charge < -0.3 is 4.90 Å². The summed E-state index contributed by atoms with van der Waals surface area (Å²) in [5.74, 6) is 0. The third kappa shape index (κ3) is 5.44. The van der Waals surface area contributed by atoms with E-state index >= 15 is 0 Å². The highest BCUT2D eigenvalue weighted by atomic mass is 15.0. The maximum atomic E-state index is 3.55. The van der Waals surface area contributed by atoms with Gasteiger partial charge in [0.15, 0.2) is 0 Å². The molecule has 0 bridgehead atoms. The fourth-order valence-corrected chi connectivity index (χ4v) is 0.368. The van der Waals surface area contributed by atoms with Gasteiger partial charge in [0.05, 0.1) is 0 Å².